The molecule has 42 valence electrons. The largest absolute Gasteiger partial charge is 0.325 e. The third-order valence-electron chi connectivity index (χ3n) is 1.42. The lowest BCUT2D eigenvalue weighted by atomic mass is 10.4. The van der Waals surface area contributed by atoms with Crippen LogP contribution in [0.3, 0.4) is 0 Å². The first-order chi connectivity index (χ1) is 3.27. The minimum absolute atomic E-state index is 0.313. The predicted molar refractivity (Wildman–Crippen MR) is 35.3 cm³/mol. The van der Waals surface area contributed by atoms with Gasteiger partial charge in [0.1, 0.15) is 0 Å². The quantitative estimate of drug-likeness (QED) is 0.531. The van der Waals surface area contributed by atoms with Crippen molar-refractivity contribution in [2.45, 2.75) is 18.4 Å². The zero-order valence-electron chi connectivity index (χ0n) is 4.70. The van der Waals surface area contributed by atoms with Crippen LogP contribution in [0.2, 0.25) is 0 Å². The fourth-order valence-corrected chi connectivity index (χ4v) is 1.75. The maximum absolute atomic E-state index is 5.76. The first-order valence-electron chi connectivity index (χ1n) is 2.70. The molecule has 0 radical (unpaired) electrons. The maximum atomic E-state index is 5.76. The summed E-state index contributed by atoms with van der Waals surface area (Å²) < 4.78 is 0. The van der Waals surface area contributed by atoms with Crippen molar-refractivity contribution in [3.05, 3.63) is 0 Å². The average Bonchev–Trinajstić information content (AvgIpc) is 2.22. The van der Waals surface area contributed by atoms with Gasteiger partial charge in [0.05, 0.1) is 0 Å². The normalized spacial score (nSPS) is 26.6. The summed E-state index contributed by atoms with van der Waals surface area (Å²) in [5, 5.41) is 0. The second kappa shape index (κ2) is 1.72. The topological polar surface area (TPSA) is 26.0 Å². The highest BCUT2D eigenvalue weighted by Crippen LogP contribution is 2.36. The molecule has 0 amide bonds. The zero-order valence-corrected chi connectivity index (χ0v) is 5.70. The Bertz CT molecular complexity index is 68.5. The van der Waals surface area contributed by atoms with Crippen molar-refractivity contribution in [1.82, 2.24) is 0 Å². The van der Waals surface area contributed by atoms with Crippen LogP contribution in [-0.2, 0) is 0 Å². The van der Waals surface area contributed by atoms with Crippen molar-refractivity contribution in [2.75, 3.05) is 12.8 Å². The van der Waals surface area contributed by atoms with E-state index in [-0.39, 0.29) is 0 Å². The zero-order chi connectivity index (χ0) is 5.33. The van der Waals surface area contributed by atoms with E-state index in [2.05, 4.69) is 6.66 Å². The minimum Gasteiger partial charge on any atom is -0.325 e. The van der Waals surface area contributed by atoms with E-state index in [9.17, 15) is 0 Å². The van der Waals surface area contributed by atoms with Gasteiger partial charge in [-0.2, -0.15) is 0 Å². The van der Waals surface area contributed by atoms with Crippen LogP contribution < -0.4 is 5.73 Å². The van der Waals surface area contributed by atoms with E-state index in [4.69, 9.17) is 5.73 Å². The van der Waals surface area contributed by atoms with Gasteiger partial charge >= 0.3 is 0 Å². The molecule has 0 aromatic rings. The van der Waals surface area contributed by atoms with Gasteiger partial charge in [-0.3, -0.25) is 0 Å². The van der Waals surface area contributed by atoms with E-state index in [1.165, 1.54) is 19.0 Å². The standard InChI is InChI=1S/C5H12NP/c1-7-4-5(6)2-3-5/h7H,2-4,6H2,1H3. The molecular weight excluding hydrogens is 105 g/mol. The van der Waals surface area contributed by atoms with E-state index in [0.717, 1.165) is 8.58 Å². The van der Waals surface area contributed by atoms with E-state index >= 15 is 0 Å². The van der Waals surface area contributed by atoms with Crippen molar-refractivity contribution in [3.63, 3.8) is 0 Å². The van der Waals surface area contributed by atoms with Crippen LogP contribution in [0, 0.1) is 0 Å². The highest BCUT2D eigenvalue weighted by Gasteiger charge is 2.36. The average molecular weight is 117 g/mol. The van der Waals surface area contributed by atoms with Gasteiger partial charge in [0.2, 0.25) is 0 Å². The Balaban J connectivity index is 2.13. The molecule has 1 aliphatic carbocycles. The molecule has 0 aromatic heterocycles. The summed E-state index contributed by atoms with van der Waals surface area (Å²) >= 11 is 0. The van der Waals surface area contributed by atoms with Crippen LogP contribution >= 0.6 is 8.58 Å². The monoisotopic (exact) mass is 117 g/mol. The van der Waals surface area contributed by atoms with E-state index < -0.39 is 0 Å². The molecule has 1 saturated carbocycles. The molecule has 0 heterocycles. The van der Waals surface area contributed by atoms with Crippen LogP contribution in [0.25, 0.3) is 0 Å². The third kappa shape index (κ3) is 1.40. The molecule has 2 heteroatoms. The molecule has 7 heavy (non-hydrogen) atoms. The molecule has 2 N–H and O–H groups in total. The fourth-order valence-electron chi connectivity index (χ4n) is 0.689. The Labute approximate surface area is 46.4 Å². The van der Waals surface area contributed by atoms with Crippen molar-refractivity contribution in [1.29, 1.82) is 0 Å². The van der Waals surface area contributed by atoms with Crippen LogP contribution in [0.5, 0.6) is 0 Å². The Morgan fingerprint density at radius 1 is 1.71 bits per heavy atom. The predicted octanol–water partition coefficient (Wildman–Crippen LogP) is 0.786. The summed E-state index contributed by atoms with van der Waals surface area (Å²) in [4.78, 5) is 0. The molecule has 1 aliphatic rings. The first kappa shape index (κ1) is 5.53. The lowest BCUT2D eigenvalue weighted by Crippen LogP contribution is -2.23. The van der Waals surface area contributed by atoms with Gasteiger partial charge < -0.3 is 5.73 Å². The summed E-state index contributed by atoms with van der Waals surface area (Å²) in [7, 11) is 1.05. The highest BCUT2D eigenvalue weighted by atomic mass is 31.1. The molecule has 1 nitrogen and oxygen atoms in total. The molecule has 1 fully saturated rings. The van der Waals surface area contributed by atoms with Gasteiger partial charge in [-0.1, -0.05) is 0 Å². The van der Waals surface area contributed by atoms with E-state index in [0.29, 0.717) is 5.54 Å². The summed E-state index contributed by atoms with van der Waals surface area (Å²) in [5.74, 6) is 0. The maximum Gasteiger partial charge on any atom is 0.0192 e. The van der Waals surface area contributed by atoms with Gasteiger partial charge in [0, 0.05) is 5.54 Å². The van der Waals surface area contributed by atoms with E-state index in [1.807, 2.05) is 0 Å². The molecule has 1 rings (SSSR count). The van der Waals surface area contributed by atoms with Crippen molar-refractivity contribution in [2.24, 2.45) is 5.73 Å². The van der Waals surface area contributed by atoms with Crippen molar-refractivity contribution in [3.8, 4) is 0 Å². The molecule has 0 aliphatic heterocycles. The Kier molecular flexibility index (Phi) is 1.36. The first-order valence-corrected chi connectivity index (χ1v) is 4.41. The van der Waals surface area contributed by atoms with Gasteiger partial charge in [-0.15, -0.1) is 8.58 Å². The SMILES string of the molecule is CPCC1(N)CC1. The molecule has 0 bridgehead atoms. The fraction of sp³-hybridized carbons (Fsp3) is 1.00. The second-order valence-corrected chi connectivity index (χ2v) is 3.45. The van der Waals surface area contributed by atoms with Gasteiger partial charge in [0.15, 0.2) is 0 Å². The van der Waals surface area contributed by atoms with Crippen molar-refractivity contribution < 1.29 is 0 Å². The molecule has 0 aromatic carbocycles. The number of nitrogens with two attached hydrogens (primary N) is 1. The molecule has 0 saturated heterocycles. The summed E-state index contributed by atoms with van der Waals surface area (Å²) in [6.45, 7) is 2.22. The summed E-state index contributed by atoms with van der Waals surface area (Å²) in [5.41, 5.74) is 6.08. The van der Waals surface area contributed by atoms with Gasteiger partial charge in [-0.05, 0) is 25.7 Å². The van der Waals surface area contributed by atoms with Crippen molar-refractivity contribution >= 4 is 8.58 Å². The Morgan fingerprint density at radius 2 is 2.29 bits per heavy atom. The van der Waals surface area contributed by atoms with Crippen LogP contribution in [0.1, 0.15) is 12.8 Å². The Morgan fingerprint density at radius 3 is 2.43 bits per heavy atom. The molecular formula is C5H12NP. The van der Waals surface area contributed by atoms with Gasteiger partial charge in [0.25, 0.3) is 0 Å². The third-order valence-corrected chi connectivity index (χ3v) is 2.48. The minimum atomic E-state index is 0.313. The lowest BCUT2D eigenvalue weighted by molar-refractivity contribution is 0.774. The van der Waals surface area contributed by atoms with Crippen LogP contribution in [-0.4, -0.2) is 18.4 Å². The second-order valence-electron chi connectivity index (χ2n) is 2.39. The summed E-state index contributed by atoms with van der Waals surface area (Å²) in [6, 6.07) is 0. The lowest BCUT2D eigenvalue weighted by Gasteiger charge is -2.02. The van der Waals surface area contributed by atoms with E-state index in [1.54, 1.807) is 0 Å². The molecule has 0 spiro atoms. The number of hydrogen-bond donors (Lipinski definition) is 1. The number of hydrogen-bond acceptors (Lipinski definition) is 1. The summed E-state index contributed by atoms with van der Waals surface area (Å²) in [6.07, 6.45) is 3.80. The molecule has 1 unspecified atom stereocenters. The Hall–Kier alpha value is 0.390. The van der Waals surface area contributed by atoms with Gasteiger partial charge in [-0.25, -0.2) is 0 Å². The highest BCUT2D eigenvalue weighted by molar-refractivity contribution is 7.37. The molecule has 1 atom stereocenters. The van der Waals surface area contributed by atoms with Crippen LogP contribution in [0.15, 0.2) is 0 Å². The number of rotatable bonds is 2. The van der Waals surface area contributed by atoms with Crippen LogP contribution in [0.4, 0.5) is 0 Å². The smallest absolute Gasteiger partial charge is 0.0192 e.